The molecule has 2 N–H and O–H groups in total. The fraction of sp³-hybridized carbons (Fsp3) is 0.190. The molecule has 3 rings (SSSR count). The largest absolute Gasteiger partial charge is 0.496 e. The predicted octanol–water partition coefficient (Wildman–Crippen LogP) is 3.21. The van der Waals surface area contributed by atoms with Crippen LogP contribution in [0.2, 0.25) is 0 Å². The quantitative estimate of drug-likeness (QED) is 0.628. The number of methoxy groups -OCH3 is 1. The Hall–Kier alpha value is -3.48. The zero-order valence-corrected chi connectivity index (χ0v) is 15.5. The van der Waals surface area contributed by atoms with E-state index in [1.807, 2.05) is 24.3 Å². The van der Waals surface area contributed by atoms with E-state index in [0.29, 0.717) is 31.0 Å². The Morgan fingerprint density at radius 3 is 2.50 bits per heavy atom. The first-order chi connectivity index (χ1) is 13.7. The molecule has 7 heteroatoms. The number of carbonyl (C=O) groups is 1. The Labute approximate surface area is 162 Å². The highest BCUT2D eigenvalue weighted by molar-refractivity contribution is 5.93. The van der Waals surface area contributed by atoms with Gasteiger partial charge in [-0.05, 0) is 30.2 Å². The third-order valence-electron chi connectivity index (χ3n) is 4.16. The lowest BCUT2D eigenvalue weighted by atomic mass is 10.1. The van der Waals surface area contributed by atoms with Gasteiger partial charge in [0.25, 0.3) is 5.91 Å². The minimum absolute atomic E-state index is 0.251. The maximum absolute atomic E-state index is 12.9. The molecule has 28 heavy (non-hydrogen) atoms. The first-order valence-electron chi connectivity index (χ1n) is 8.86. The Bertz CT molecular complexity index is 914. The van der Waals surface area contributed by atoms with Crippen LogP contribution in [0.4, 0.5) is 10.3 Å². The molecule has 6 nitrogen and oxygen atoms in total. The molecule has 3 aromatic rings. The standard InChI is InChI=1S/C21H21FN4O2/c1-28-19-5-3-2-4-16(19)12-24-21-25-13-17(14-26-21)20(27)23-11-10-15-6-8-18(22)9-7-15/h2-9,13-14H,10-12H2,1H3,(H,23,27)(H,24,25,26). The molecule has 2 aromatic carbocycles. The number of rotatable bonds is 8. The zero-order chi connectivity index (χ0) is 19.8. The number of nitrogens with one attached hydrogen (secondary N) is 2. The van der Waals surface area contributed by atoms with Gasteiger partial charge in [0.1, 0.15) is 11.6 Å². The second-order valence-corrected chi connectivity index (χ2v) is 6.09. The molecule has 0 aliphatic carbocycles. The van der Waals surface area contributed by atoms with Crippen molar-refractivity contribution in [1.82, 2.24) is 15.3 Å². The van der Waals surface area contributed by atoms with E-state index in [1.165, 1.54) is 24.5 Å². The van der Waals surface area contributed by atoms with Crippen LogP contribution in [0, 0.1) is 5.82 Å². The summed E-state index contributed by atoms with van der Waals surface area (Å²) in [6, 6.07) is 13.9. The number of ether oxygens (including phenoxy) is 1. The summed E-state index contributed by atoms with van der Waals surface area (Å²) in [5.41, 5.74) is 2.31. The van der Waals surface area contributed by atoms with Gasteiger partial charge in [0.15, 0.2) is 0 Å². The summed E-state index contributed by atoms with van der Waals surface area (Å²) in [6.07, 6.45) is 3.57. The molecule has 0 aliphatic heterocycles. The second kappa shape index (κ2) is 9.45. The normalized spacial score (nSPS) is 10.4. The first kappa shape index (κ1) is 19.3. The highest BCUT2D eigenvalue weighted by atomic mass is 19.1. The summed E-state index contributed by atoms with van der Waals surface area (Å²) in [4.78, 5) is 20.5. The maximum atomic E-state index is 12.9. The third-order valence-corrected chi connectivity index (χ3v) is 4.16. The SMILES string of the molecule is COc1ccccc1CNc1ncc(C(=O)NCCc2ccc(F)cc2)cn1. The van der Waals surface area contributed by atoms with E-state index >= 15 is 0 Å². The van der Waals surface area contributed by atoms with Crippen LogP contribution < -0.4 is 15.4 Å². The summed E-state index contributed by atoms with van der Waals surface area (Å²) < 4.78 is 18.2. The maximum Gasteiger partial charge on any atom is 0.254 e. The fourth-order valence-corrected chi connectivity index (χ4v) is 2.63. The summed E-state index contributed by atoms with van der Waals surface area (Å²) >= 11 is 0. The van der Waals surface area contributed by atoms with E-state index in [1.54, 1.807) is 19.2 Å². The van der Waals surface area contributed by atoms with Gasteiger partial charge in [-0.2, -0.15) is 0 Å². The minimum atomic E-state index is -0.274. The molecular formula is C21H21FN4O2. The van der Waals surface area contributed by atoms with Gasteiger partial charge >= 0.3 is 0 Å². The number of hydrogen-bond acceptors (Lipinski definition) is 5. The summed E-state index contributed by atoms with van der Waals surface area (Å²) in [7, 11) is 1.62. The van der Waals surface area contributed by atoms with E-state index in [0.717, 1.165) is 16.9 Å². The lowest BCUT2D eigenvalue weighted by molar-refractivity contribution is 0.0953. The first-order valence-corrected chi connectivity index (χ1v) is 8.86. The molecule has 0 atom stereocenters. The van der Waals surface area contributed by atoms with Gasteiger partial charge < -0.3 is 15.4 Å². The average molecular weight is 380 g/mol. The fourth-order valence-electron chi connectivity index (χ4n) is 2.63. The van der Waals surface area contributed by atoms with E-state index in [2.05, 4.69) is 20.6 Å². The van der Waals surface area contributed by atoms with Crippen molar-refractivity contribution in [2.24, 2.45) is 0 Å². The molecule has 0 aliphatic rings. The van der Waals surface area contributed by atoms with Crippen LogP contribution in [0.5, 0.6) is 5.75 Å². The van der Waals surface area contributed by atoms with Crippen molar-refractivity contribution in [2.75, 3.05) is 19.0 Å². The van der Waals surface area contributed by atoms with Crippen LogP contribution in [0.1, 0.15) is 21.5 Å². The molecule has 0 fully saturated rings. The molecule has 0 radical (unpaired) electrons. The topological polar surface area (TPSA) is 76.1 Å². The average Bonchev–Trinajstić information content (AvgIpc) is 2.74. The van der Waals surface area contributed by atoms with Crippen molar-refractivity contribution in [3.63, 3.8) is 0 Å². The Kier molecular flexibility index (Phi) is 6.51. The molecule has 144 valence electrons. The highest BCUT2D eigenvalue weighted by Crippen LogP contribution is 2.18. The van der Waals surface area contributed by atoms with Crippen molar-refractivity contribution in [1.29, 1.82) is 0 Å². The van der Waals surface area contributed by atoms with E-state index in [-0.39, 0.29) is 11.7 Å². The number of para-hydroxylation sites is 1. The Balaban J connectivity index is 1.49. The number of hydrogen-bond donors (Lipinski definition) is 2. The number of benzene rings is 2. The van der Waals surface area contributed by atoms with Crippen LogP contribution >= 0.6 is 0 Å². The molecule has 1 heterocycles. The van der Waals surface area contributed by atoms with Crippen LogP contribution in [0.25, 0.3) is 0 Å². The zero-order valence-electron chi connectivity index (χ0n) is 15.5. The van der Waals surface area contributed by atoms with E-state index in [9.17, 15) is 9.18 Å². The second-order valence-electron chi connectivity index (χ2n) is 6.09. The molecule has 0 bridgehead atoms. The number of carbonyl (C=O) groups excluding carboxylic acids is 1. The van der Waals surface area contributed by atoms with E-state index in [4.69, 9.17) is 4.74 Å². The van der Waals surface area contributed by atoms with Crippen LogP contribution in [0.3, 0.4) is 0 Å². The van der Waals surface area contributed by atoms with Crippen LogP contribution in [0.15, 0.2) is 60.9 Å². The molecular weight excluding hydrogens is 359 g/mol. The summed E-state index contributed by atoms with van der Waals surface area (Å²) in [5.74, 6) is 0.684. The summed E-state index contributed by atoms with van der Waals surface area (Å²) in [5, 5.41) is 5.91. The van der Waals surface area contributed by atoms with Crippen molar-refractivity contribution in [3.05, 3.63) is 83.4 Å². The Morgan fingerprint density at radius 1 is 1.07 bits per heavy atom. The molecule has 0 saturated carbocycles. The van der Waals surface area contributed by atoms with Gasteiger partial charge in [0.2, 0.25) is 5.95 Å². The van der Waals surface area contributed by atoms with Crippen molar-refractivity contribution in [3.8, 4) is 5.75 Å². The number of halogens is 1. The van der Waals surface area contributed by atoms with Crippen molar-refractivity contribution < 1.29 is 13.9 Å². The third kappa shape index (κ3) is 5.26. The predicted molar refractivity (Wildman–Crippen MR) is 105 cm³/mol. The lowest BCUT2D eigenvalue weighted by Crippen LogP contribution is -2.26. The van der Waals surface area contributed by atoms with Crippen LogP contribution in [-0.4, -0.2) is 29.5 Å². The number of nitrogens with zero attached hydrogens (tertiary/aromatic N) is 2. The van der Waals surface area contributed by atoms with Crippen LogP contribution in [-0.2, 0) is 13.0 Å². The molecule has 1 amide bonds. The van der Waals surface area contributed by atoms with Gasteiger partial charge in [-0.1, -0.05) is 30.3 Å². The van der Waals surface area contributed by atoms with Gasteiger partial charge in [0.05, 0.1) is 12.7 Å². The van der Waals surface area contributed by atoms with Crippen molar-refractivity contribution >= 4 is 11.9 Å². The van der Waals surface area contributed by atoms with Gasteiger partial charge in [0, 0.05) is 31.0 Å². The smallest absolute Gasteiger partial charge is 0.254 e. The minimum Gasteiger partial charge on any atom is -0.496 e. The van der Waals surface area contributed by atoms with Gasteiger partial charge in [-0.25, -0.2) is 14.4 Å². The number of aromatic nitrogens is 2. The lowest BCUT2D eigenvalue weighted by Gasteiger charge is -2.09. The Morgan fingerprint density at radius 2 is 1.79 bits per heavy atom. The van der Waals surface area contributed by atoms with Gasteiger partial charge in [-0.3, -0.25) is 4.79 Å². The molecule has 0 unspecified atom stereocenters. The van der Waals surface area contributed by atoms with Gasteiger partial charge in [-0.15, -0.1) is 0 Å². The molecule has 1 aromatic heterocycles. The molecule has 0 saturated heterocycles. The number of amides is 1. The highest BCUT2D eigenvalue weighted by Gasteiger charge is 2.08. The molecule has 0 spiro atoms. The summed E-state index contributed by atoms with van der Waals surface area (Å²) in [6.45, 7) is 0.950. The number of anilines is 1. The van der Waals surface area contributed by atoms with Crippen molar-refractivity contribution in [2.45, 2.75) is 13.0 Å². The monoisotopic (exact) mass is 380 g/mol. The van der Waals surface area contributed by atoms with E-state index < -0.39 is 0 Å².